The molecule has 1 aliphatic heterocycles. The molecule has 3 rings (SSSR count). The number of nitrogens with one attached hydrogen (secondary N) is 1. The Kier molecular flexibility index (Phi) is 3.70. The Hall–Kier alpha value is -1.87. The first kappa shape index (κ1) is 13.1. The van der Waals surface area contributed by atoms with Crippen molar-refractivity contribution in [2.24, 2.45) is 0 Å². The lowest BCUT2D eigenvalue weighted by atomic mass is 10.00. The van der Waals surface area contributed by atoms with Crippen LogP contribution in [0.3, 0.4) is 0 Å². The van der Waals surface area contributed by atoms with Crippen molar-refractivity contribution in [3.05, 3.63) is 53.8 Å². The van der Waals surface area contributed by atoms with Gasteiger partial charge in [-0.25, -0.2) is 4.39 Å². The Balaban J connectivity index is 2.00. The maximum absolute atomic E-state index is 14.0. The van der Waals surface area contributed by atoms with E-state index in [1.807, 2.05) is 18.2 Å². The van der Waals surface area contributed by atoms with Gasteiger partial charge in [0.1, 0.15) is 5.82 Å². The fourth-order valence-electron chi connectivity index (χ4n) is 2.73. The summed E-state index contributed by atoms with van der Waals surface area (Å²) in [5, 5.41) is 3.32. The van der Waals surface area contributed by atoms with Gasteiger partial charge >= 0.3 is 0 Å². The maximum atomic E-state index is 14.0. The Labute approximate surface area is 119 Å². The molecule has 0 amide bonds. The average molecular weight is 270 g/mol. The summed E-state index contributed by atoms with van der Waals surface area (Å²) < 4.78 is 14.0. The van der Waals surface area contributed by atoms with Gasteiger partial charge in [0, 0.05) is 31.9 Å². The molecule has 0 aliphatic carbocycles. The van der Waals surface area contributed by atoms with E-state index >= 15 is 0 Å². The summed E-state index contributed by atoms with van der Waals surface area (Å²) >= 11 is 0. The second-order valence-electron chi connectivity index (χ2n) is 5.25. The molecular formula is C17H19FN2. The van der Waals surface area contributed by atoms with Gasteiger partial charge in [-0.1, -0.05) is 24.3 Å². The van der Waals surface area contributed by atoms with Crippen molar-refractivity contribution in [3.63, 3.8) is 0 Å². The fourth-order valence-corrected chi connectivity index (χ4v) is 2.73. The number of aryl methyl sites for hydroxylation is 1. The molecule has 1 saturated heterocycles. The SMILES string of the molecule is Cc1ccccc1-c1cc(F)cc(N2CCNCC2)c1. The third-order valence-corrected chi connectivity index (χ3v) is 3.82. The molecule has 0 radical (unpaired) electrons. The van der Waals surface area contributed by atoms with Crippen molar-refractivity contribution < 1.29 is 4.39 Å². The van der Waals surface area contributed by atoms with Crippen LogP contribution in [0.1, 0.15) is 5.56 Å². The normalized spacial score (nSPS) is 15.4. The topological polar surface area (TPSA) is 15.3 Å². The van der Waals surface area contributed by atoms with Crippen LogP contribution in [0.15, 0.2) is 42.5 Å². The van der Waals surface area contributed by atoms with Crippen molar-refractivity contribution in [1.82, 2.24) is 5.32 Å². The van der Waals surface area contributed by atoms with E-state index in [9.17, 15) is 4.39 Å². The molecule has 1 aliphatic rings. The van der Waals surface area contributed by atoms with Crippen LogP contribution < -0.4 is 10.2 Å². The molecule has 1 heterocycles. The van der Waals surface area contributed by atoms with Gasteiger partial charge in [-0.05, 0) is 41.8 Å². The molecule has 2 aromatic carbocycles. The zero-order valence-corrected chi connectivity index (χ0v) is 11.7. The first-order valence-corrected chi connectivity index (χ1v) is 7.06. The van der Waals surface area contributed by atoms with Crippen LogP contribution in [-0.4, -0.2) is 26.2 Å². The van der Waals surface area contributed by atoms with Crippen molar-refractivity contribution >= 4 is 5.69 Å². The van der Waals surface area contributed by atoms with Gasteiger partial charge in [-0.15, -0.1) is 0 Å². The third kappa shape index (κ3) is 2.68. The summed E-state index contributed by atoms with van der Waals surface area (Å²) in [5.74, 6) is -0.167. The van der Waals surface area contributed by atoms with Crippen LogP contribution in [0.4, 0.5) is 10.1 Å². The van der Waals surface area contributed by atoms with E-state index in [1.165, 1.54) is 5.56 Å². The molecule has 2 aromatic rings. The molecule has 0 unspecified atom stereocenters. The summed E-state index contributed by atoms with van der Waals surface area (Å²) in [7, 11) is 0. The highest BCUT2D eigenvalue weighted by atomic mass is 19.1. The fraction of sp³-hybridized carbons (Fsp3) is 0.294. The quantitative estimate of drug-likeness (QED) is 0.901. The van der Waals surface area contributed by atoms with Gasteiger partial charge < -0.3 is 10.2 Å². The summed E-state index contributed by atoms with van der Waals surface area (Å²) in [6.07, 6.45) is 0. The lowest BCUT2D eigenvalue weighted by Crippen LogP contribution is -2.43. The molecule has 3 heteroatoms. The van der Waals surface area contributed by atoms with E-state index in [2.05, 4.69) is 29.3 Å². The molecule has 0 atom stereocenters. The second kappa shape index (κ2) is 5.63. The number of anilines is 1. The predicted octanol–water partition coefficient (Wildman–Crippen LogP) is 3.21. The molecule has 104 valence electrons. The van der Waals surface area contributed by atoms with Gasteiger partial charge in [0.2, 0.25) is 0 Å². The zero-order valence-electron chi connectivity index (χ0n) is 11.7. The van der Waals surface area contributed by atoms with Gasteiger partial charge in [0.05, 0.1) is 0 Å². The van der Waals surface area contributed by atoms with E-state index in [4.69, 9.17) is 0 Å². The molecule has 0 bridgehead atoms. The highest BCUT2D eigenvalue weighted by Gasteiger charge is 2.13. The number of hydrogen-bond donors (Lipinski definition) is 1. The molecule has 1 fully saturated rings. The number of benzene rings is 2. The van der Waals surface area contributed by atoms with Gasteiger partial charge in [-0.2, -0.15) is 0 Å². The van der Waals surface area contributed by atoms with Crippen LogP contribution in [-0.2, 0) is 0 Å². The van der Waals surface area contributed by atoms with Gasteiger partial charge in [-0.3, -0.25) is 0 Å². The highest BCUT2D eigenvalue weighted by Crippen LogP contribution is 2.28. The molecule has 1 N–H and O–H groups in total. The molecule has 0 saturated carbocycles. The van der Waals surface area contributed by atoms with Crippen molar-refractivity contribution in [2.45, 2.75) is 6.92 Å². The molecule has 2 nitrogen and oxygen atoms in total. The second-order valence-corrected chi connectivity index (χ2v) is 5.25. The maximum Gasteiger partial charge on any atom is 0.125 e. The van der Waals surface area contributed by atoms with E-state index in [0.717, 1.165) is 43.0 Å². The molecule has 20 heavy (non-hydrogen) atoms. The van der Waals surface area contributed by atoms with Gasteiger partial charge in [0.15, 0.2) is 0 Å². The standard InChI is InChI=1S/C17H19FN2/c1-13-4-2-3-5-17(13)14-10-15(18)12-16(11-14)20-8-6-19-7-9-20/h2-5,10-12,19H,6-9H2,1H3. The van der Waals surface area contributed by atoms with E-state index in [-0.39, 0.29) is 5.82 Å². The Morgan fingerprint density at radius 3 is 2.55 bits per heavy atom. The summed E-state index contributed by atoms with van der Waals surface area (Å²) in [4.78, 5) is 2.24. The smallest absolute Gasteiger partial charge is 0.125 e. The van der Waals surface area contributed by atoms with Crippen LogP contribution >= 0.6 is 0 Å². The van der Waals surface area contributed by atoms with Crippen molar-refractivity contribution in [2.75, 3.05) is 31.1 Å². The summed E-state index contributed by atoms with van der Waals surface area (Å²) in [5.41, 5.74) is 4.20. The van der Waals surface area contributed by atoms with Crippen LogP contribution in [0.25, 0.3) is 11.1 Å². The van der Waals surface area contributed by atoms with Crippen molar-refractivity contribution in [3.8, 4) is 11.1 Å². The molecular weight excluding hydrogens is 251 g/mol. The van der Waals surface area contributed by atoms with E-state index in [1.54, 1.807) is 12.1 Å². The Bertz CT molecular complexity index is 604. The first-order valence-electron chi connectivity index (χ1n) is 7.06. The van der Waals surface area contributed by atoms with E-state index < -0.39 is 0 Å². The molecule has 0 spiro atoms. The zero-order chi connectivity index (χ0) is 13.9. The number of piperazine rings is 1. The van der Waals surface area contributed by atoms with Crippen LogP contribution in [0.5, 0.6) is 0 Å². The highest BCUT2D eigenvalue weighted by molar-refractivity contribution is 5.71. The number of hydrogen-bond acceptors (Lipinski definition) is 2. The minimum atomic E-state index is -0.167. The minimum absolute atomic E-state index is 0.167. The third-order valence-electron chi connectivity index (χ3n) is 3.82. The summed E-state index contributed by atoms with van der Waals surface area (Å²) in [6, 6.07) is 13.5. The van der Waals surface area contributed by atoms with Crippen LogP contribution in [0, 0.1) is 12.7 Å². The lowest BCUT2D eigenvalue weighted by Gasteiger charge is -2.30. The Morgan fingerprint density at radius 1 is 1.05 bits per heavy atom. The largest absolute Gasteiger partial charge is 0.369 e. The lowest BCUT2D eigenvalue weighted by molar-refractivity contribution is 0.585. The predicted molar refractivity (Wildman–Crippen MR) is 81.7 cm³/mol. The average Bonchev–Trinajstić information content (AvgIpc) is 2.48. The number of rotatable bonds is 2. The summed E-state index contributed by atoms with van der Waals surface area (Å²) in [6.45, 7) is 5.82. The van der Waals surface area contributed by atoms with Crippen LogP contribution in [0.2, 0.25) is 0 Å². The van der Waals surface area contributed by atoms with Crippen molar-refractivity contribution in [1.29, 1.82) is 0 Å². The number of nitrogens with zero attached hydrogens (tertiary/aromatic N) is 1. The monoisotopic (exact) mass is 270 g/mol. The van der Waals surface area contributed by atoms with Gasteiger partial charge in [0.25, 0.3) is 0 Å². The first-order chi connectivity index (χ1) is 9.74. The van der Waals surface area contributed by atoms with E-state index in [0.29, 0.717) is 0 Å². The Morgan fingerprint density at radius 2 is 1.80 bits per heavy atom. The minimum Gasteiger partial charge on any atom is -0.369 e. The number of halogens is 1. The molecule has 0 aromatic heterocycles.